The van der Waals surface area contributed by atoms with E-state index < -0.39 is 0 Å². The van der Waals surface area contributed by atoms with Crippen molar-refractivity contribution in [3.8, 4) is 0 Å². The fraction of sp³-hybridized carbons (Fsp3) is 0.280. The van der Waals surface area contributed by atoms with Gasteiger partial charge in [0, 0.05) is 31.1 Å². The molecule has 3 N–H and O–H groups in total. The molecule has 1 aromatic heterocycles. The predicted molar refractivity (Wildman–Crippen MR) is 139 cm³/mol. The van der Waals surface area contributed by atoms with Gasteiger partial charge in [-0.2, -0.15) is 0 Å². The van der Waals surface area contributed by atoms with Crippen LogP contribution in [0.5, 0.6) is 0 Å². The van der Waals surface area contributed by atoms with Gasteiger partial charge in [-0.25, -0.2) is 0 Å². The second kappa shape index (κ2) is 12.3. The molecule has 0 aliphatic heterocycles. The number of nitrogens with zero attached hydrogens (tertiary/aromatic N) is 1. The van der Waals surface area contributed by atoms with Gasteiger partial charge >= 0.3 is 0 Å². The third-order valence-electron chi connectivity index (χ3n) is 5.13. The first kappa shape index (κ1) is 25.5. The van der Waals surface area contributed by atoms with Crippen LogP contribution in [0.25, 0.3) is 0 Å². The van der Waals surface area contributed by atoms with Crippen molar-refractivity contribution in [3.05, 3.63) is 95.4 Å². The van der Waals surface area contributed by atoms with Crippen LogP contribution in [0.15, 0.2) is 82.4 Å². The maximum absolute atomic E-state index is 12.4. The molecule has 7 heteroatoms. The molecule has 3 rings (SSSR count). The van der Waals surface area contributed by atoms with Gasteiger partial charge in [-0.1, -0.05) is 56.3 Å². The van der Waals surface area contributed by atoms with Gasteiger partial charge in [-0.3, -0.25) is 9.79 Å². The normalized spacial score (nSPS) is 11.4. The second-order valence-corrected chi connectivity index (χ2v) is 7.99. The number of guanidine groups is 1. The minimum Gasteiger partial charge on any atom is -0.467 e. The molecule has 0 atom stereocenters. The van der Waals surface area contributed by atoms with E-state index in [1.807, 2.05) is 30.3 Å². The molecule has 0 aliphatic rings. The predicted octanol–water partition coefficient (Wildman–Crippen LogP) is 4.47. The number of hydrogen-bond acceptors (Lipinski definition) is 3. The van der Waals surface area contributed by atoms with E-state index in [0.29, 0.717) is 18.7 Å². The molecule has 0 unspecified atom stereocenters. The molecule has 0 saturated heterocycles. The average molecular weight is 546 g/mol. The lowest BCUT2D eigenvalue weighted by Gasteiger charge is -2.26. The zero-order valence-electron chi connectivity index (χ0n) is 18.7. The standard InChI is InChI=1S/C25H30N4O2.HI/c1-25(2,21-11-5-4-6-12-21)18-29-24(26-3)28-16-19-9-7-10-20(15-19)23(30)27-17-22-13-8-14-31-22;/h4-15H,16-18H2,1-3H3,(H,27,30)(H2,26,28,29);1H. The lowest BCUT2D eigenvalue weighted by atomic mass is 9.85. The highest BCUT2D eigenvalue weighted by atomic mass is 127. The number of halogens is 1. The number of aliphatic imine (C=N–C) groups is 1. The van der Waals surface area contributed by atoms with Gasteiger partial charge in [0.2, 0.25) is 0 Å². The number of carbonyl (C=O) groups excluding carboxylic acids is 1. The Kier molecular flexibility index (Phi) is 9.77. The fourth-order valence-electron chi connectivity index (χ4n) is 3.21. The van der Waals surface area contributed by atoms with Gasteiger partial charge in [0.05, 0.1) is 12.8 Å². The summed E-state index contributed by atoms with van der Waals surface area (Å²) in [5.41, 5.74) is 2.84. The summed E-state index contributed by atoms with van der Waals surface area (Å²) < 4.78 is 5.25. The molecule has 0 fully saturated rings. The first-order valence-electron chi connectivity index (χ1n) is 10.4. The van der Waals surface area contributed by atoms with Crippen LogP contribution >= 0.6 is 24.0 Å². The highest BCUT2D eigenvalue weighted by Gasteiger charge is 2.20. The summed E-state index contributed by atoms with van der Waals surface area (Å²) in [6, 6.07) is 21.6. The second-order valence-electron chi connectivity index (χ2n) is 7.99. The van der Waals surface area contributed by atoms with Crippen LogP contribution in [0.4, 0.5) is 0 Å². The van der Waals surface area contributed by atoms with Crippen molar-refractivity contribution in [3.63, 3.8) is 0 Å². The zero-order chi connectivity index (χ0) is 22.1. The molecule has 1 heterocycles. The Bertz CT molecular complexity index is 1000. The summed E-state index contributed by atoms with van der Waals surface area (Å²) in [4.78, 5) is 16.7. The van der Waals surface area contributed by atoms with Crippen molar-refractivity contribution in [2.45, 2.75) is 32.4 Å². The summed E-state index contributed by atoms with van der Waals surface area (Å²) >= 11 is 0. The van der Waals surface area contributed by atoms with Gasteiger partial charge in [0.25, 0.3) is 5.91 Å². The number of rotatable bonds is 8. The van der Waals surface area contributed by atoms with Crippen molar-refractivity contribution in [2.24, 2.45) is 4.99 Å². The highest BCUT2D eigenvalue weighted by Crippen LogP contribution is 2.21. The number of carbonyl (C=O) groups is 1. The van der Waals surface area contributed by atoms with Crippen molar-refractivity contribution in [1.29, 1.82) is 0 Å². The van der Waals surface area contributed by atoms with E-state index in [1.165, 1.54) is 5.56 Å². The van der Waals surface area contributed by atoms with Crippen LogP contribution in [0.1, 0.15) is 41.1 Å². The molecule has 0 aliphatic carbocycles. The molecule has 2 aromatic carbocycles. The quantitative estimate of drug-likeness (QED) is 0.221. The number of amides is 1. The number of benzene rings is 2. The Hall–Kier alpha value is -2.81. The van der Waals surface area contributed by atoms with E-state index in [9.17, 15) is 4.79 Å². The van der Waals surface area contributed by atoms with Crippen molar-refractivity contribution >= 4 is 35.8 Å². The maximum Gasteiger partial charge on any atom is 0.251 e. The molecule has 32 heavy (non-hydrogen) atoms. The summed E-state index contributed by atoms with van der Waals surface area (Å²) in [5.74, 6) is 1.31. The lowest BCUT2D eigenvalue weighted by Crippen LogP contribution is -2.43. The molecule has 6 nitrogen and oxygen atoms in total. The minimum absolute atomic E-state index is 0. The molecule has 170 valence electrons. The van der Waals surface area contributed by atoms with E-state index in [-0.39, 0.29) is 35.3 Å². The molecule has 1 amide bonds. The Morgan fingerprint density at radius 1 is 0.938 bits per heavy atom. The van der Waals surface area contributed by atoms with Gasteiger partial charge < -0.3 is 20.4 Å². The molecule has 0 radical (unpaired) electrons. The summed E-state index contributed by atoms with van der Waals surface area (Å²) in [5, 5.41) is 9.59. The number of hydrogen-bond donors (Lipinski definition) is 3. The zero-order valence-corrected chi connectivity index (χ0v) is 21.1. The summed E-state index contributed by atoms with van der Waals surface area (Å²) in [6.45, 7) is 6.07. The Labute approximate surface area is 206 Å². The van der Waals surface area contributed by atoms with Crippen LogP contribution in [0.3, 0.4) is 0 Å². The molecular weight excluding hydrogens is 515 g/mol. The van der Waals surface area contributed by atoms with Crippen molar-refractivity contribution in [2.75, 3.05) is 13.6 Å². The van der Waals surface area contributed by atoms with Crippen LogP contribution in [0, 0.1) is 0 Å². The Balaban J connectivity index is 0.00000363. The first-order chi connectivity index (χ1) is 15.0. The topological polar surface area (TPSA) is 78.7 Å². The van der Waals surface area contributed by atoms with E-state index in [2.05, 4.69) is 59.1 Å². The molecule has 0 spiro atoms. The molecule has 0 saturated carbocycles. The molecule has 0 bridgehead atoms. The summed E-state index contributed by atoms with van der Waals surface area (Å²) in [7, 11) is 1.75. The van der Waals surface area contributed by atoms with Crippen molar-refractivity contribution in [1.82, 2.24) is 16.0 Å². The van der Waals surface area contributed by atoms with Crippen LogP contribution < -0.4 is 16.0 Å². The van der Waals surface area contributed by atoms with E-state index >= 15 is 0 Å². The monoisotopic (exact) mass is 546 g/mol. The van der Waals surface area contributed by atoms with Crippen molar-refractivity contribution < 1.29 is 9.21 Å². The highest BCUT2D eigenvalue weighted by molar-refractivity contribution is 14.0. The van der Waals surface area contributed by atoms with Crippen LogP contribution in [-0.4, -0.2) is 25.5 Å². The maximum atomic E-state index is 12.4. The van der Waals surface area contributed by atoms with Crippen LogP contribution in [0.2, 0.25) is 0 Å². The third kappa shape index (κ3) is 7.40. The van der Waals surface area contributed by atoms with Crippen LogP contribution in [-0.2, 0) is 18.5 Å². The largest absolute Gasteiger partial charge is 0.467 e. The van der Waals surface area contributed by atoms with Gasteiger partial charge in [0.15, 0.2) is 5.96 Å². The lowest BCUT2D eigenvalue weighted by molar-refractivity contribution is 0.0948. The SMILES string of the molecule is CN=C(NCc1cccc(C(=O)NCc2ccco2)c1)NCC(C)(C)c1ccccc1.I. The Morgan fingerprint density at radius 2 is 1.72 bits per heavy atom. The Morgan fingerprint density at radius 3 is 2.41 bits per heavy atom. The van der Waals surface area contributed by atoms with Gasteiger partial charge in [-0.15, -0.1) is 24.0 Å². The van der Waals surface area contributed by atoms with Gasteiger partial charge in [0.1, 0.15) is 5.76 Å². The third-order valence-corrected chi connectivity index (χ3v) is 5.13. The summed E-state index contributed by atoms with van der Waals surface area (Å²) in [6.07, 6.45) is 1.59. The molecule has 3 aromatic rings. The van der Waals surface area contributed by atoms with E-state index in [0.717, 1.165) is 23.8 Å². The van der Waals surface area contributed by atoms with E-state index in [4.69, 9.17) is 4.42 Å². The smallest absolute Gasteiger partial charge is 0.251 e. The fourth-order valence-corrected chi connectivity index (χ4v) is 3.21. The molecular formula is C25H31IN4O2. The minimum atomic E-state index is -0.134. The number of nitrogens with one attached hydrogen (secondary N) is 3. The van der Waals surface area contributed by atoms with E-state index in [1.54, 1.807) is 25.4 Å². The van der Waals surface area contributed by atoms with Gasteiger partial charge in [-0.05, 0) is 35.4 Å². The number of furan rings is 1. The first-order valence-corrected chi connectivity index (χ1v) is 10.4. The average Bonchev–Trinajstić information content (AvgIpc) is 3.32.